The van der Waals surface area contributed by atoms with E-state index in [0.29, 0.717) is 28.5 Å². The maximum atomic E-state index is 13.1. The normalized spacial score (nSPS) is 12.7. The zero-order valence-corrected chi connectivity index (χ0v) is 38.1. The van der Waals surface area contributed by atoms with E-state index >= 15 is 0 Å². The van der Waals surface area contributed by atoms with Crippen LogP contribution in [-0.4, -0.2) is 54.4 Å². The molecule has 0 heterocycles. The molecule has 366 valence electrons. The molecule has 5 aromatic carbocycles. The number of hydrogen-bond donors (Lipinski definition) is 3. The van der Waals surface area contributed by atoms with Crippen molar-refractivity contribution in [3.63, 3.8) is 0 Å². The average Bonchev–Trinajstić information content (AvgIpc) is 3.26. The molecule has 67 heavy (non-hydrogen) atoms. The largest absolute Gasteiger partial charge is 0.534 e. The molecule has 0 saturated carbocycles. The lowest BCUT2D eigenvalue weighted by atomic mass is 9.88. The van der Waals surface area contributed by atoms with Crippen molar-refractivity contribution in [2.75, 3.05) is 7.11 Å². The standard InChI is InChI=1S/C35H43F5O4.C15H13F3O4S/c1-2-24-22-27(41)16-19-29(24)32-18-15-26-23-28(42)17-20-30(26)31(32)14-10-8-6-4-3-5-7-9-12-25(33(43)44)13-11-21-34(36,37)35(38,39)40;1-3-4-13-12-7-6-11(21-2)9-10(12)5-8-14(13)22-23(19,20)15(16,17)18/h15-20,22-23,25,41-42H,2-14,21H2,1H3,(H,43,44);3,5-9H,1,4H2,2H3. The molecular formula is C50H56F8O8S. The van der Waals surface area contributed by atoms with Crippen LogP contribution in [0.1, 0.15) is 101 Å². The summed E-state index contributed by atoms with van der Waals surface area (Å²) in [6.07, 6.45) is 3.25. The van der Waals surface area contributed by atoms with Gasteiger partial charge >= 0.3 is 33.7 Å². The number of carboxylic acids is 1. The lowest BCUT2D eigenvalue weighted by Gasteiger charge is -2.20. The molecule has 8 nitrogen and oxygen atoms in total. The number of ether oxygens (including phenoxy) is 1. The molecule has 3 N–H and O–H groups in total. The summed E-state index contributed by atoms with van der Waals surface area (Å²) in [6, 6.07) is 22.6. The lowest BCUT2D eigenvalue weighted by Crippen LogP contribution is -2.36. The van der Waals surface area contributed by atoms with Gasteiger partial charge in [-0.25, -0.2) is 0 Å². The molecule has 5 rings (SSSR count). The lowest BCUT2D eigenvalue weighted by molar-refractivity contribution is -0.284. The van der Waals surface area contributed by atoms with E-state index in [2.05, 4.69) is 23.8 Å². The summed E-state index contributed by atoms with van der Waals surface area (Å²) in [5.74, 6) is -6.19. The minimum atomic E-state index is -5.73. The third kappa shape index (κ3) is 15.0. The van der Waals surface area contributed by atoms with E-state index in [0.717, 1.165) is 85.3 Å². The number of fused-ring (bicyclic) bond motifs is 2. The summed E-state index contributed by atoms with van der Waals surface area (Å²) in [7, 11) is -4.25. The number of carbonyl (C=O) groups is 1. The van der Waals surface area contributed by atoms with E-state index in [-0.39, 0.29) is 36.5 Å². The van der Waals surface area contributed by atoms with Crippen molar-refractivity contribution in [1.29, 1.82) is 0 Å². The van der Waals surface area contributed by atoms with Gasteiger partial charge in [0.1, 0.15) is 23.0 Å². The smallest absolute Gasteiger partial charge is 0.508 e. The van der Waals surface area contributed by atoms with Crippen LogP contribution in [0.2, 0.25) is 0 Å². The average molecular weight is 969 g/mol. The van der Waals surface area contributed by atoms with Crippen LogP contribution < -0.4 is 8.92 Å². The van der Waals surface area contributed by atoms with Gasteiger partial charge in [0.2, 0.25) is 0 Å². The van der Waals surface area contributed by atoms with Crippen LogP contribution in [0.3, 0.4) is 0 Å². The van der Waals surface area contributed by atoms with Gasteiger partial charge in [-0.2, -0.15) is 43.5 Å². The van der Waals surface area contributed by atoms with E-state index in [1.54, 1.807) is 36.4 Å². The van der Waals surface area contributed by atoms with Gasteiger partial charge in [-0.3, -0.25) is 4.79 Å². The summed E-state index contributed by atoms with van der Waals surface area (Å²) >= 11 is 0. The molecule has 0 aromatic heterocycles. The molecule has 5 aromatic rings. The minimum Gasteiger partial charge on any atom is -0.508 e. The van der Waals surface area contributed by atoms with Gasteiger partial charge in [0, 0.05) is 12.0 Å². The Bertz CT molecular complexity index is 2560. The first-order valence-corrected chi connectivity index (χ1v) is 23.4. The number of alkyl halides is 8. The molecule has 0 bridgehead atoms. The van der Waals surface area contributed by atoms with Crippen molar-refractivity contribution in [2.45, 2.75) is 121 Å². The van der Waals surface area contributed by atoms with Crippen LogP contribution in [0.4, 0.5) is 35.1 Å². The van der Waals surface area contributed by atoms with Crippen molar-refractivity contribution in [1.82, 2.24) is 0 Å². The van der Waals surface area contributed by atoms with Crippen LogP contribution in [0.5, 0.6) is 23.0 Å². The highest BCUT2D eigenvalue weighted by Gasteiger charge is 2.56. The van der Waals surface area contributed by atoms with Crippen molar-refractivity contribution >= 4 is 37.6 Å². The number of methoxy groups -OCH3 is 1. The first-order chi connectivity index (χ1) is 31.5. The Morgan fingerprint density at radius 3 is 1.87 bits per heavy atom. The summed E-state index contributed by atoms with van der Waals surface area (Å²) in [5.41, 5.74) is -0.672. The van der Waals surface area contributed by atoms with Crippen LogP contribution in [0.15, 0.2) is 91.5 Å². The summed E-state index contributed by atoms with van der Waals surface area (Å²) < 4.78 is 132. The highest BCUT2D eigenvalue weighted by atomic mass is 32.2. The Kier molecular flexibility index (Phi) is 19.3. The molecule has 17 heteroatoms. The fraction of sp³-hybridized carbons (Fsp3) is 0.420. The molecule has 0 amide bonds. The topological polar surface area (TPSA) is 130 Å². The highest BCUT2D eigenvalue weighted by molar-refractivity contribution is 7.88. The minimum absolute atomic E-state index is 0.145. The van der Waals surface area contributed by atoms with E-state index in [1.807, 2.05) is 24.3 Å². The van der Waals surface area contributed by atoms with E-state index < -0.39 is 52.5 Å². The number of aromatic hydroxyl groups is 2. The molecular weight excluding hydrogens is 913 g/mol. The maximum Gasteiger partial charge on any atom is 0.534 e. The number of carboxylic acid groups (broad SMARTS) is 1. The van der Waals surface area contributed by atoms with Crippen LogP contribution in [-0.2, 0) is 34.2 Å². The van der Waals surface area contributed by atoms with Crippen LogP contribution in [0, 0.1) is 5.92 Å². The van der Waals surface area contributed by atoms with Gasteiger partial charge in [0.15, 0.2) is 0 Å². The molecule has 0 radical (unpaired) electrons. The zero-order valence-electron chi connectivity index (χ0n) is 37.3. The van der Waals surface area contributed by atoms with Gasteiger partial charge in [0.25, 0.3) is 0 Å². The number of phenolic OH excluding ortho intramolecular Hbond substituents is 2. The Labute approximate surface area is 385 Å². The highest BCUT2D eigenvalue weighted by Crippen LogP contribution is 2.40. The fourth-order valence-electron chi connectivity index (χ4n) is 7.97. The van der Waals surface area contributed by atoms with Gasteiger partial charge in [-0.1, -0.05) is 94.3 Å². The molecule has 0 aliphatic carbocycles. The Morgan fingerprint density at radius 1 is 0.701 bits per heavy atom. The number of rotatable bonds is 23. The first-order valence-electron chi connectivity index (χ1n) is 22.0. The predicted molar refractivity (Wildman–Crippen MR) is 243 cm³/mol. The number of halogens is 8. The van der Waals surface area contributed by atoms with Gasteiger partial charge in [0.05, 0.1) is 13.0 Å². The Balaban J connectivity index is 0.000000356. The van der Waals surface area contributed by atoms with Crippen LogP contribution in [0.25, 0.3) is 32.7 Å². The third-order valence-corrected chi connectivity index (χ3v) is 12.5. The fourth-order valence-corrected chi connectivity index (χ4v) is 8.46. The molecule has 1 atom stereocenters. The van der Waals surface area contributed by atoms with Gasteiger partial charge < -0.3 is 24.2 Å². The summed E-state index contributed by atoms with van der Waals surface area (Å²) in [5, 5.41) is 32.6. The van der Waals surface area contributed by atoms with Crippen LogP contribution >= 0.6 is 0 Å². The second-order valence-corrected chi connectivity index (χ2v) is 17.8. The molecule has 0 fully saturated rings. The maximum absolute atomic E-state index is 13.1. The predicted octanol–water partition coefficient (Wildman–Crippen LogP) is 14.4. The number of aryl methyl sites for hydroxylation is 2. The number of hydrogen-bond acceptors (Lipinski definition) is 7. The second-order valence-electron chi connectivity index (χ2n) is 16.3. The van der Waals surface area contributed by atoms with E-state index in [1.165, 1.54) is 30.9 Å². The second kappa shape index (κ2) is 23.9. The number of benzene rings is 5. The van der Waals surface area contributed by atoms with Gasteiger partial charge in [-0.05, 0) is 131 Å². The zero-order chi connectivity index (χ0) is 49.6. The van der Waals surface area contributed by atoms with Crippen molar-refractivity contribution in [2.24, 2.45) is 5.92 Å². The molecule has 0 saturated heterocycles. The van der Waals surface area contributed by atoms with E-state index in [4.69, 9.17) is 4.74 Å². The Hall–Kier alpha value is -5.58. The number of phenols is 2. The molecule has 0 spiro atoms. The third-order valence-electron chi connectivity index (χ3n) is 11.5. The monoisotopic (exact) mass is 968 g/mol. The quantitative estimate of drug-likeness (QED) is 0.0194. The molecule has 1 unspecified atom stereocenters. The SMILES string of the molecule is C=CCc1c(OS(=O)(=O)C(F)(F)F)ccc2cc(OC)ccc12.CCc1cc(O)ccc1-c1ccc2cc(O)ccc2c1CCCCCCCCCCC(CCCC(F)(F)C(F)(F)F)C(=O)O. The van der Waals surface area contributed by atoms with Crippen molar-refractivity contribution < 1.29 is 72.6 Å². The van der Waals surface area contributed by atoms with Crippen molar-refractivity contribution in [3.8, 4) is 34.1 Å². The van der Waals surface area contributed by atoms with Crippen molar-refractivity contribution in [3.05, 3.63) is 108 Å². The Morgan fingerprint density at radius 2 is 1.25 bits per heavy atom. The first kappa shape index (κ1) is 54.0. The number of aliphatic carboxylic acids is 1. The summed E-state index contributed by atoms with van der Waals surface area (Å²) in [6.45, 7) is 5.59. The summed E-state index contributed by atoms with van der Waals surface area (Å²) in [4.78, 5) is 11.4. The number of unbranched alkanes of at least 4 members (excludes halogenated alkanes) is 7. The molecule has 0 aliphatic rings. The number of allylic oxidation sites excluding steroid dienone is 1. The van der Waals surface area contributed by atoms with E-state index in [9.17, 15) is 63.7 Å². The van der Waals surface area contributed by atoms with Gasteiger partial charge in [-0.15, -0.1) is 6.58 Å². The molecule has 0 aliphatic heterocycles.